The summed E-state index contributed by atoms with van der Waals surface area (Å²) in [5.74, 6) is 0.281. The van der Waals surface area contributed by atoms with Crippen molar-refractivity contribution in [2.75, 3.05) is 0 Å². The van der Waals surface area contributed by atoms with Gasteiger partial charge in [0.1, 0.15) is 0 Å². The Hall–Kier alpha value is -0.215. The third kappa shape index (κ3) is 2.19. The van der Waals surface area contributed by atoms with Crippen LogP contribution in [0.4, 0.5) is 0 Å². The molecule has 1 aromatic rings. The lowest BCUT2D eigenvalue weighted by molar-refractivity contribution is 0.00578. The molecule has 1 aliphatic heterocycles. The molecule has 0 N–H and O–H groups in total. The predicted octanol–water partition coefficient (Wildman–Crippen LogP) is 4.55. The molecule has 0 saturated carbocycles. The quantitative estimate of drug-likeness (QED) is 0.708. The molecular formula is C15H19BCl2O2. The van der Waals surface area contributed by atoms with Crippen LogP contribution < -0.4 is 0 Å². The van der Waals surface area contributed by atoms with Crippen molar-refractivity contribution in [2.24, 2.45) is 0 Å². The predicted molar refractivity (Wildman–Crippen MR) is 83.7 cm³/mol. The summed E-state index contributed by atoms with van der Waals surface area (Å²) >= 11 is 12.6. The van der Waals surface area contributed by atoms with Crippen molar-refractivity contribution in [1.29, 1.82) is 0 Å². The number of rotatable bonds is 1. The molecule has 0 atom stereocenters. The maximum atomic E-state index is 6.29. The number of hydrogen-bond donors (Lipinski definition) is 0. The van der Waals surface area contributed by atoms with Crippen LogP contribution >= 0.6 is 23.2 Å². The van der Waals surface area contributed by atoms with Crippen LogP contribution in [0.25, 0.3) is 0 Å². The van der Waals surface area contributed by atoms with Gasteiger partial charge in [0.15, 0.2) is 0 Å². The molecule has 0 bridgehead atoms. The summed E-state index contributed by atoms with van der Waals surface area (Å²) in [6.07, 6.45) is 1.73. The van der Waals surface area contributed by atoms with E-state index in [4.69, 9.17) is 32.5 Å². The highest BCUT2D eigenvalue weighted by atomic mass is 35.5. The third-order valence-electron chi connectivity index (χ3n) is 4.91. The molecule has 1 aliphatic carbocycles. The minimum Gasteiger partial charge on any atom is -0.403 e. The Kier molecular flexibility index (Phi) is 3.41. The van der Waals surface area contributed by atoms with Gasteiger partial charge in [-0.3, -0.25) is 0 Å². The second-order valence-corrected chi connectivity index (χ2v) is 7.59. The second-order valence-electron chi connectivity index (χ2n) is 6.78. The summed E-state index contributed by atoms with van der Waals surface area (Å²) < 4.78 is 12.3. The minimum atomic E-state index is -0.292. The van der Waals surface area contributed by atoms with Crippen molar-refractivity contribution in [3.8, 4) is 0 Å². The summed E-state index contributed by atoms with van der Waals surface area (Å²) in [4.78, 5) is 0. The molecular weight excluding hydrogens is 294 g/mol. The third-order valence-corrected chi connectivity index (χ3v) is 5.61. The molecule has 108 valence electrons. The molecule has 0 spiro atoms. The van der Waals surface area contributed by atoms with Crippen LogP contribution in [0.1, 0.15) is 38.8 Å². The van der Waals surface area contributed by atoms with Gasteiger partial charge in [0, 0.05) is 15.9 Å². The fourth-order valence-corrected chi connectivity index (χ4v) is 3.46. The Morgan fingerprint density at radius 2 is 1.35 bits per heavy atom. The summed E-state index contributed by atoms with van der Waals surface area (Å²) in [6.45, 7) is 8.31. The van der Waals surface area contributed by atoms with Gasteiger partial charge in [-0.2, -0.15) is 0 Å². The van der Waals surface area contributed by atoms with Crippen molar-refractivity contribution >= 4 is 30.3 Å². The van der Waals surface area contributed by atoms with Crippen LogP contribution in [-0.4, -0.2) is 18.3 Å². The van der Waals surface area contributed by atoms with Crippen LogP contribution in [0.2, 0.25) is 15.9 Å². The Balaban J connectivity index is 1.84. The van der Waals surface area contributed by atoms with E-state index in [2.05, 4.69) is 27.7 Å². The Morgan fingerprint density at radius 3 is 1.75 bits per heavy atom. The highest BCUT2D eigenvalue weighted by Crippen LogP contribution is 2.46. The summed E-state index contributed by atoms with van der Waals surface area (Å²) in [5, 5.41) is 1.59. The largest absolute Gasteiger partial charge is 0.461 e. The van der Waals surface area contributed by atoms with Gasteiger partial charge in [-0.1, -0.05) is 23.2 Å². The molecule has 2 nitrogen and oxygen atoms in total. The number of hydrogen-bond acceptors (Lipinski definition) is 2. The van der Waals surface area contributed by atoms with E-state index < -0.39 is 0 Å². The van der Waals surface area contributed by atoms with Gasteiger partial charge in [0.25, 0.3) is 0 Å². The zero-order valence-electron chi connectivity index (χ0n) is 12.3. The van der Waals surface area contributed by atoms with Gasteiger partial charge >= 0.3 is 7.12 Å². The number of halogens is 2. The maximum absolute atomic E-state index is 6.29. The van der Waals surface area contributed by atoms with Crippen LogP contribution in [0.3, 0.4) is 0 Å². The van der Waals surface area contributed by atoms with Crippen molar-refractivity contribution < 1.29 is 9.31 Å². The number of benzene rings is 1. The first-order valence-electron chi connectivity index (χ1n) is 7.03. The first kappa shape index (κ1) is 14.7. The van der Waals surface area contributed by atoms with Crippen LogP contribution in [0.5, 0.6) is 0 Å². The van der Waals surface area contributed by atoms with E-state index in [1.807, 2.05) is 12.1 Å². The number of fused-ring (bicyclic) bond motifs is 1. The van der Waals surface area contributed by atoms with E-state index in [1.54, 1.807) is 0 Å². The lowest BCUT2D eigenvalue weighted by atomic mass is 9.70. The van der Waals surface area contributed by atoms with Gasteiger partial charge in [-0.05, 0) is 63.8 Å². The van der Waals surface area contributed by atoms with Gasteiger partial charge < -0.3 is 9.31 Å². The average molecular weight is 313 g/mol. The molecule has 5 heteroatoms. The van der Waals surface area contributed by atoms with Gasteiger partial charge in [-0.25, -0.2) is 0 Å². The molecule has 20 heavy (non-hydrogen) atoms. The van der Waals surface area contributed by atoms with Crippen LogP contribution in [-0.2, 0) is 22.2 Å². The molecule has 0 radical (unpaired) electrons. The molecule has 2 aliphatic rings. The lowest BCUT2D eigenvalue weighted by Crippen LogP contribution is -2.41. The molecule has 0 amide bonds. The fraction of sp³-hybridized carbons (Fsp3) is 0.600. The molecule has 1 saturated heterocycles. The zero-order chi connectivity index (χ0) is 14.7. The molecule has 3 rings (SSSR count). The highest BCUT2D eigenvalue weighted by molar-refractivity contribution is 6.48. The molecule has 0 unspecified atom stereocenters. The molecule has 1 fully saturated rings. The van der Waals surface area contributed by atoms with Crippen LogP contribution in [0.15, 0.2) is 12.1 Å². The Labute approximate surface area is 130 Å². The summed E-state index contributed by atoms with van der Waals surface area (Å²) in [5.41, 5.74) is 1.72. The van der Waals surface area contributed by atoms with E-state index >= 15 is 0 Å². The first-order chi connectivity index (χ1) is 9.21. The van der Waals surface area contributed by atoms with E-state index in [0.29, 0.717) is 0 Å². The molecule has 1 aromatic carbocycles. The molecule has 0 aromatic heterocycles. The SMILES string of the molecule is CC1(C)OB(C2Cc3c(Cl)ccc(Cl)c3C2)OC1(C)C. The lowest BCUT2D eigenvalue weighted by Gasteiger charge is -2.32. The highest BCUT2D eigenvalue weighted by Gasteiger charge is 2.54. The van der Waals surface area contributed by atoms with Crippen molar-refractivity contribution in [3.05, 3.63) is 33.3 Å². The Bertz CT molecular complexity index is 510. The summed E-state index contributed by atoms with van der Waals surface area (Å²) in [6, 6.07) is 3.74. The average Bonchev–Trinajstić information content (AvgIpc) is 2.86. The van der Waals surface area contributed by atoms with E-state index in [-0.39, 0.29) is 24.1 Å². The van der Waals surface area contributed by atoms with Crippen LogP contribution in [0, 0.1) is 0 Å². The van der Waals surface area contributed by atoms with E-state index in [0.717, 1.165) is 34.0 Å². The monoisotopic (exact) mass is 312 g/mol. The van der Waals surface area contributed by atoms with E-state index in [1.165, 1.54) is 0 Å². The topological polar surface area (TPSA) is 18.5 Å². The van der Waals surface area contributed by atoms with Gasteiger partial charge in [0.05, 0.1) is 11.2 Å². The maximum Gasteiger partial charge on any atom is 0.461 e. The van der Waals surface area contributed by atoms with Crippen molar-refractivity contribution in [2.45, 2.75) is 57.6 Å². The Morgan fingerprint density at radius 1 is 0.950 bits per heavy atom. The summed E-state index contributed by atoms with van der Waals surface area (Å²) in [7, 11) is -0.195. The smallest absolute Gasteiger partial charge is 0.403 e. The fourth-order valence-electron chi connectivity index (χ4n) is 2.95. The normalized spacial score (nSPS) is 24.2. The second kappa shape index (κ2) is 4.64. The molecule has 1 heterocycles. The van der Waals surface area contributed by atoms with E-state index in [9.17, 15) is 0 Å². The first-order valence-corrected chi connectivity index (χ1v) is 7.78. The zero-order valence-corrected chi connectivity index (χ0v) is 13.8. The minimum absolute atomic E-state index is 0.195. The standard InChI is InChI=1S/C15H19BCl2O2/c1-14(2)15(3,4)20-16(19-14)9-7-10-11(8-9)13(18)6-5-12(10)17/h5-6,9H,7-8H2,1-4H3. The van der Waals surface area contributed by atoms with Gasteiger partial charge in [0.2, 0.25) is 0 Å². The van der Waals surface area contributed by atoms with Crippen molar-refractivity contribution in [1.82, 2.24) is 0 Å². The van der Waals surface area contributed by atoms with Gasteiger partial charge in [-0.15, -0.1) is 0 Å². The van der Waals surface area contributed by atoms with Crippen molar-refractivity contribution in [3.63, 3.8) is 0 Å².